The van der Waals surface area contributed by atoms with E-state index in [1.165, 1.54) is 12.1 Å². The van der Waals surface area contributed by atoms with Gasteiger partial charge in [-0.25, -0.2) is 4.39 Å². The molecule has 6 nitrogen and oxygen atoms in total. The number of amides is 2. The van der Waals surface area contributed by atoms with E-state index in [1.807, 2.05) is 15.5 Å². The van der Waals surface area contributed by atoms with Crippen molar-refractivity contribution in [2.24, 2.45) is 5.92 Å². The number of piperidine rings is 1. The molecule has 3 heterocycles. The van der Waals surface area contributed by atoms with Crippen LogP contribution in [0.5, 0.6) is 0 Å². The lowest BCUT2D eigenvalue weighted by Gasteiger charge is -2.42. The van der Waals surface area contributed by atoms with Crippen molar-refractivity contribution < 1.29 is 14.0 Å². The Kier molecular flexibility index (Phi) is 5.97. The fourth-order valence-corrected chi connectivity index (χ4v) is 4.56. The molecule has 2 aliphatic rings. The molecule has 1 saturated heterocycles. The SMILES string of the molecule is O=C(CCC(=O)N1C[C@H]2C[C@H](C1)c1cccc(=O)n1C2)NCCc1ccc(F)cc1. The molecule has 2 aromatic rings. The first kappa shape index (κ1) is 20.3. The number of likely N-dealkylation sites (tertiary alicyclic amines) is 1. The molecule has 2 bridgehead atoms. The highest BCUT2D eigenvalue weighted by molar-refractivity contribution is 5.83. The number of hydrogen-bond acceptors (Lipinski definition) is 3. The van der Waals surface area contributed by atoms with Crippen molar-refractivity contribution in [3.8, 4) is 0 Å². The van der Waals surface area contributed by atoms with Crippen LogP contribution in [0, 0.1) is 11.7 Å². The van der Waals surface area contributed by atoms with Gasteiger partial charge in [-0.2, -0.15) is 0 Å². The second kappa shape index (κ2) is 8.81. The molecule has 2 amide bonds. The number of benzene rings is 1. The van der Waals surface area contributed by atoms with Crippen LogP contribution >= 0.6 is 0 Å². The van der Waals surface area contributed by atoms with Crippen LogP contribution in [0.1, 0.15) is 36.4 Å². The number of rotatable bonds is 6. The number of pyridine rings is 1. The Morgan fingerprint density at radius 1 is 1.03 bits per heavy atom. The average molecular weight is 411 g/mol. The number of aromatic nitrogens is 1. The fourth-order valence-electron chi connectivity index (χ4n) is 4.56. The summed E-state index contributed by atoms with van der Waals surface area (Å²) in [5.41, 5.74) is 1.99. The predicted molar refractivity (Wildman–Crippen MR) is 110 cm³/mol. The molecule has 0 saturated carbocycles. The lowest BCUT2D eigenvalue weighted by atomic mass is 9.83. The fraction of sp³-hybridized carbons (Fsp3) is 0.435. The first-order valence-electron chi connectivity index (χ1n) is 10.5. The van der Waals surface area contributed by atoms with Crippen molar-refractivity contribution in [3.05, 3.63) is 69.9 Å². The summed E-state index contributed by atoms with van der Waals surface area (Å²) >= 11 is 0. The van der Waals surface area contributed by atoms with Crippen molar-refractivity contribution >= 4 is 11.8 Å². The summed E-state index contributed by atoms with van der Waals surface area (Å²) in [6.45, 7) is 2.35. The Labute approximate surface area is 174 Å². The summed E-state index contributed by atoms with van der Waals surface area (Å²) < 4.78 is 14.8. The number of hydrogen-bond donors (Lipinski definition) is 1. The highest BCUT2D eigenvalue weighted by Crippen LogP contribution is 2.35. The summed E-state index contributed by atoms with van der Waals surface area (Å²) in [6, 6.07) is 11.5. The Balaban J connectivity index is 1.24. The van der Waals surface area contributed by atoms with Gasteiger partial charge in [0, 0.05) is 56.7 Å². The number of halogens is 1. The summed E-state index contributed by atoms with van der Waals surface area (Å²) in [7, 11) is 0. The van der Waals surface area contributed by atoms with E-state index < -0.39 is 0 Å². The first-order chi connectivity index (χ1) is 14.5. The standard InChI is InChI=1S/C23H26FN3O3/c24-19-6-4-16(5-7-19)10-11-25-21(28)8-9-22(29)26-13-17-12-18(15-26)20-2-1-3-23(30)27(20)14-17/h1-7,17-18H,8-15H2,(H,25,28)/t17-,18-/m1/s1. The van der Waals surface area contributed by atoms with E-state index in [9.17, 15) is 18.8 Å². The monoisotopic (exact) mass is 411 g/mol. The molecule has 1 aromatic heterocycles. The van der Waals surface area contributed by atoms with E-state index in [2.05, 4.69) is 5.32 Å². The van der Waals surface area contributed by atoms with Crippen molar-refractivity contribution in [1.82, 2.24) is 14.8 Å². The highest BCUT2D eigenvalue weighted by Gasteiger charge is 2.36. The third-order valence-corrected chi connectivity index (χ3v) is 6.05. The normalized spacial score (nSPS) is 19.8. The quantitative estimate of drug-likeness (QED) is 0.791. The molecule has 0 radical (unpaired) electrons. The third-order valence-electron chi connectivity index (χ3n) is 6.05. The van der Waals surface area contributed by atoms with Gasteiger partial charge in [0.1, 0.15) is 5.82 Å². The largest absolute Gasteiger partial charge is 0.356 e. The van der Waals surface area contributed by atoms with Crippen LogP contribution < -0.4 is 10.9 Å². The number of carbonyl (C=O) groups is 2. The minimum Gasteiger partial charge on any atom is -0.356 e. The van der Waals surface area contributed by atoms with E-state index in [-0.39, 0.29) is 47.9 Å². The van der Waals surface area contributed by atoms with E-state index in [1.54, 1.807) is 24.3 Å². The lowest BCUT2D eigenvalue weighted by molar-refractivity contribution is -0.136. The number of nitrogens with one attached hydrogen (secondary N) is 1. The Hall–Kier alpha value is -2.96. The zero-order valence-electron chi connectivity index (χ0n) is 16.9. The summed E-state index contributed by atoms with van der Waals surface area (Å²) in [5.74, 6) is 0.0214. The molecular weight excluding hydrogens is 385 g/mol. The van der Waals surface area contributed by atoms with Crippen LogP contribution in [0.2, 0.25) is 0 Å². The number of carbonyl (C=O) groups excluding carboxylic acids is 2. The number of nitrogens with zero attached hydrogens (tertiary/aromatic N) is 2. The van der Waals surface area contributed by atoms with Crippen LogP contribution in [-0.4, -0.2) is 40.9 Å². The van der Waals surface area contributed by atoms with Crippen LogP contribution in [0.15, 0.2) is 47.3 Å². The Morgan fingerprint density at radius 3 is 2.63 bits per heavy atom. The van der Waals surface area contributed by atoms with Gasteiger partial charge in [-0.1, -0.05) is 18.2 Å². The van der Waals surface area contributed by atoms with Crippen LogP contribution in [0.25, 0.3) is 0 Å². The van der Waals surface area contributed by atoms with E-state index in [0.717, 1.165) is 17.7 Å². The predicted octanol–water partition coefficient (Wildman–Crippen LogP) is 2.07. The van der Waals surface area contributed by atoms with E-state index in [4.69, 9.17) is 0 Å². The molecule has 1 fully saturated rings. The molecule has 30 heavy (non-hydrogen) atoms. The molecule has 4 rings (SSSR count). The minimum absolute atomic E-state index is 0.00915. The topological polar surface area (TPSA) is 71.4 Å². The maximum atomic E-state index is 12.9. The van der Waals surface area contributed by atoms with Crippen molar-refractivity contribution in [2.75, 3.05) is 19.6 Å². The molecule has 2 aliphatic heterocycles. The molecule has 0 spiro atoms. The highest BCUT2D eigenvalue weighted by atomic mass is 19.1. The lowest BCUT2D eigenvalue weighted by Crippen LogP contribution is -2.49. The van der Waals surface area contributed by atoms with Crippen molar-refractivity contribution in [3.63, 3.8) is 0 Å². The Morgan fingerprint density at radius 2 is 1.83 bits per heavy atom. The van der Waals surface area contributed by atoms with E-state index in [0.29, 0.717) is 32.6 Å². The Bertz CT molecular complexity index is 986. The molecule has 7 heteroatoms. The molecule has 0 unspecified atom stereocenters. The molecule has 2 atom stereocenters. The summed E-state index contributed by atoms with van der Waals surface area (Å²) in [6.07, 6.45) is 1.96. The molecule has 158 valence electrons. The van der Waals surface area contributed by atoms with Crippen LogP contribution in [-0.2, 0) is 22.6 Å². The van der Waals surface area contributed by atoms with Gasteiger partial charge in [0.25, 0.3) is 5.56 Å². The summed E-state index contributed by atoms with van der Waals surface area (Å²) in [5, 5.41) is 2.82. The average Bonchev–Trinajstić information content (AvgIpc) is 2.74. The first-order valence-corrected chi connectivity index (χ1v) is 10.5. The zero-order valence-corrected chi connectivity index (χ0v) is 16.9. The summed E-state index contributed by atoms with van der Waals surface area (Å²) in [4.78, 5) is 38.7. The third kappa shape index (κ3) is 4.61. The zero-order chi connectivity index (χ0) is 21.1. The second-order valence-electron chi connectivity index (χ2n) is 8.22. The molecule has 1 aromatic carbocycles. The maximum Gasteiger partial charge on any atom is 0.250 e. The molecule has 1 N–H and O–H groups in total. The molecular formula is C23H26FN3O3. The van der Waals surface area contributed by atoms with Gasteiger partial charge < -0.3 is 14.8 Å². The van der Waals surface area contributed by atoms with E-state index >= 15 is 0 Å². The molecule has 0 aliphatic carbocycles. The van der Waals surface area contributed by atoms with Crippen molar-refractivity contribution in [2.45, 2.75) is 38.1 Å². The van der Waals surface area contributed by atoms with Gasteiger partial charge in [-0.15, -0.1) is 0 Å². The van der Waals surface area contributed by atoms with Crippen molar-refractivity contribution in [1.29, 1.82) is 0 Å². The van der Waals surface area contributed by atoms with Crippen LogP contribution in [0.3, 0.4) is 0 Å². The van der Waals surface area contributed by atoms with Crippen LogP contribution in [0.4, 0.5) is 4.39 Å². The van der Waals surface area contributed by atoms with Gasteiger partial charge in [0.15, 0.2) is 0 Å². The van der Waals surface area contributed by atoms with Gasteiger partial charge in [0.05, 0.1) is 0 Å². The van der Waals surface area contributed by atoms with Gasteiger partial charge in [-0.05, 0) is 42.5 Å². The van der Waals surface area contributed by atoms with Gasteiger partial charge >= 0.3 is 0 Å². The van der Waals surface area contributed by atoms with Gasteiger partial charge in [0.2, 0.25) is 11.8 Å². The minimum atomic E-state index is -0.279. The second-order valence-corrected chi connectivity index (χ2v) is 8.22. The maximum absolute atomic E-state index is 12.9. The number of fused-ring (bicyclic) bond motifs is 4. The van der Waals surface area contributed by atoms with Gasteiger partial charge in [-0.3, -0.25) is 14.4 Å². The smallest absolute Gasteiger partial charge is 0.250 e.